The number of methoxy groups -OCH3 is 1. The van der Waals surface area contributed by atoms with Crippen molar-refractivity contribution in [3.05, 3.63) is 82.2 Å². The van der Waals surface area contributed by atoms with Gasteiger partial charge in [0.05, 0.1) is 29.9 Å². The van der Waals surface area contributed by atoms with Crippen molar-refractivity contribution in [3.63, 3.8) is 0 Å². The molecule has 0 radical (unpaired) electrons. The highest BCUT2D eigenvalue weighted by atomic mass is 35.5. The van der Waals surface area contributed by atoms with E-state index in [0.717, 1.165) is 33.0 Å². The van der Waals surface area contributed by atoms with Crippen LogP contribution in [-0.4, -0.2) is 28.2 Å². The van der Waals surface area contributed by atoms with E-state index in [1.165, 1.54) is 11.3 Å². The summed E-state index contributed by atoms with van der Waals surface area (Å²) in [6.07, 6.45) is 1.09. The van der Waals surface area contributed by atoms with Gasteiger partial charge < -0.3 is 14.8 Å². The molecule has 1 amide bonds. The average molecular weight is 481 g/mol. The first kappa shape index (κ1) is 22.7. The number of halogens is 1. The van der Waals surface area contributed by atoms with Crippen molar-refractivity contribution in [3.8, 4) is 27.6 Å². The summed E-state index contributed by atoms with van der Waals surface area (Å²) in [4.78, 5) is 26.1. The van der Waals surface area contributed by atoms with Gasteiger partial charge in [0.15, 0.2) is 0 Å². The number of hydrogen-bond donors (Lipinski definition) is 1. The lowest BCUT2D eigenvalue weighted by Gasteiger charge is -2.07. The lowest BCUT2D eigenvalue weighted by molar-refractivity contribution is 0.139. The Kier molecular flexibility index (Phi) is 7.16. The Hall–Kier alpha value is -3.49. The zero-order valence-electron chi connectivity index (χ0n) is 18.0. The zero-order chi connectivity index (χ0) is 23.2. The molecule has 0 atom stereocenters. The summed E-state index contributed by atoms with van der Waals surface area (Å²) < 4.78 is 10.7. The second-order valence-corrected chi connectivity index (χ2v) is 8.57. The summed E-state index contributed by atoms with van der Waals surface area (Å²) in [6.45, 7) is 2.40. The lowest BCUT2D eigenvalue weighted by Crippen LogP contribution is -2.23. The molecule has 168 valence electrons. The highest BCUT2D eigenvalue weighted by molar-refractivity contribution is 7.15. The van der Waals surface area contributed by atoms with Gasteiger partial charge in [-0.1, -0.05) is 30.3 Å². The Morgan fingerprint density at radius 1 is 1.12 bits per heavy atom. The van der Waals surface area contributed by atoms with E-state index in [4.69, 9.17) is 26.1 Å². The first-order chi connectivity index (χ1) is 16.0. The molecule has 0 bridgehead atoms. The highest BCUT2D eigenvalue weighted by Gasteiger charge is 2.18. The fourth-order valence-corrected chi connectivity index (χ4v) is 4.34. The van der Waals surface area contributed by atoms with E-state index in [2.05, 4.69) is 15.3 Å². The normalized spacial score (nSPS) is 10.6. The van der Waals surface area contributed by atoms with E-state index in [9.17, 15) is 4.79 Å². The summed E-state index contributed by atoms with van der Waals surface area (Å²) in [6, 6.07) is 17.2. The third-order valence-electron chi connectivity index (χ3n) is 4.69. The van der Waals surface area contributed by atoms with Crippen molar-refractivity contribution in [2.24, 2.45) is 0 Å². The van der Waals surface area contributed by atoms with E-state index in [1.54, 1.807) is 19.4 Å². The minimum absolute atomic E-state index is 0.151. The van der Waals surface area contributed by atoms with Crippen molar-refractivity contribution in [2.75, 3.05) is 7.11 Å². The third kappa shape index (κ3) is 5.85. The molecule has 0 unspecified atom stereocenters. The van der Waals surface area contributed by atoms with Gasteiger partial charge in [-0.2, -0.15) is 0 Å². The maximum absolute atomic E-state index is 12.2. The van der Waals surface area contributed by atoms with Crippen LogP contribution in [0.2, 0.25) is 5.28 Å². The largest absolute Gasteiger partial charge is 0.497 e. The summed E-state index contributed by atoms with van der Waals surface area (Å²) in [5.41, 5.74) is 4.21. The lowest BCUT2D eigenvalue weighted by atomic mass is 10.1. The van der Waals surface area contributed by atoms with Crippen LogP contribution in [0.25, 0.3) is 21.8 Å². The van der Waals surface area contributed by atoms with Crippen LogP contribution in [0.15, 0.2) is 60.8 Å². The number of aromatic nitrogens is 3. The third-order valence-corrected chi connectivity index (χ3v) is 5.95. The van der Waals surface area contributed by atoms with Gasteiger partial charge in [0.25, 0.3) is 0 Å². The maximum atomic E-state index is 12.2. The van der Waals surface area contributed by atoms with Gasteiger partial charge >= 0.3 is 6.09 Å². The molecule has 9 heteroatoms. The summed E-state index contributed by atoms with van der Waals surface area (Å²) >= 11 is 7.45. The number of amides is 1. The second-order valence-electron chi connectivity index (χ2n) is 7.15. The second kappa shape index (κ2) is 10.4. The topological polar surface area (TPSA) is 86.2 Å². The molecule has 2 heterocycles. The molecule has 0 fully saturated rings. The number of hydrogen-bond acceptors (Lipinski definition) is 7. The summed E-state index contributed by atoms with van der Waals surface area (Å²) in [7, 11) is 1.63. The van der Waals surface area contributed by atoms with Crippen molar-refractivity contribution in [1.29, 1.82) is 0 Å². The van der Waals surface area contributed by atoms with E-state index >= 15 is 0 Å². The van der Waals surface area contributed by atoms with E-state index < -0.39 is 6.09 Å². The number of thiazole rings is 1. The van der Waals surface area contributed by atoms with Gasteiger partial charge in [-0.3, -0.25) is 0 Å². The first-order valence-corrected chi connectivity index (χ1v) is 11.3. The van der Waals surface area contributed by atoms with Crippen LogP contribution in [0, 0.1) is 6.92 Å². The zero-order valence-corrected chi connectivity index (χ0v) is 19.6. The standard InChI is InChI=1S/C24H21ClN4O3S/c1-15-10-17(12-18(11-15)31-2)21-22(19-8-9-26-23(25)28-19)33-20(29-21)13-27-24(30)32-14-16-6-4-3-5-7-16/h3-12H,13-14H2,1-2H3,(H,27,30). The number of alkyl carbamates (subject to hydrolysis) is 1. The fraction of sp³-hybridized carbons (Fsp3) is 0.167. The number of nitrogens with one attached hydrogen (secondary N) is 1. The van der Waals surface area contributed by atoms with Gasteiger partial charge in [-0.25, -0.2) is 19.7 Å². The van der Waals surface area contributed by atoms with Crippen LogP contribution in [0.3, 0.4) is 0 Å². The Balaban J connectivity index is 1.57. The number of carbonyl (C=O) groups excluding carboxylic acids is 1. The molecule has 2 aromatic heterocycles. The summed E-state index contributed by atoms with van der Waals surface area (Å²) in [5, 5.41) is 3.61. The van der Waals surface area contributed by atoms with Gasteiger partial charge in [0.1, 0.15) is 17.4 Å². The Bertz CT molecular complexity index is 1260. The van der Waals surface area contributed by atoms with Crippen LogP contribution in [0.4, 0.5) is 4.79 Å². The molecule has 0 saturated heterocycles. The molecular formula is C24H21ClN4O3S. The molecule has 4 aromatic rings. The van der Waals surface area contributed by atoms with Gasteiger partial charge in [0.2, 0.25) is 5.28 Å². The smallest absolute Gasteiger partial charge is 0.407 e. The van der Waals surface area contributed by atoms with Crippen molar-refractivity contribution in [1.82, 2.24) is 20.3 Å². The number of aryl methyl sites for hydroxylation is 1. The van der Waals surface area contributed by atoms with Gasteiger partial charge in [0, 0.05) is 11.8 Å². The molecule has 7 nitrogen and oxygen atoms in total. The Labute approximate surface area is 200 Å². The molecule has 1 N–H and O–H groups in total. The predicted molar refractivity (Wildman–Crippen MR) is 128 cm³/mol. The first-order valence-electron chi connectivity index (χ1n) is 10.1. The monoisotopic (exact) mass is 480 g/mol. The Morgan fingerprint density at radius 2 is 1.94 bits per heavy atom. The van der Waals surface area contributed by atoms with E-state index in [-0.39, 0.29) is 18.4 Å². The predicted octanol–water partition coefficient (Wildman–Crippen LogP) is 5.66. The van der Waals surface area contributed by atoms with Crippen LogP contribution < -0.4 is 10.1 Å². The minimum atomic E-state index is -0.514. The number of benzene rings is 2. The fourth-order valence-electron chi connectivity index (χ4n) is 3.20. The Morgan fingerprint density at radius 3 is 2.70 bits per heavy atom. The van der Waals surface area contributed by atoms with Crippen molar-refractivity contribution >= 4 is 29.0 Å². The molecule has 0 aliphatic rings. The van der Waals surface area contributed by atoms with Crippen LogP contribution in [-0.2, 0) is 17.9 Å². The van der Waals surface area contributed by atoms with Crippen molar-refractivity contribution < 1.29 is 14.3 Å². The molecule has 4 rings (SSSR count). The van der Waals surface area contributed by atoms with Gasteiger partial charge in [-0.15, -0.1) is 11.3 Å². The van der Waals surface area contributed by atoms with Crippen LogP contribution in [0.1, 0.15) is 16.1 Å². The van der Waals surface area contributed by atoms with Crippen LogP contribution in [0.5, 0.6) is 5.75 Å². The molecule has 0 aliphatic carbocycles. The maximum Gasteiger partial charge on any atom is 0.407 e. The van der Waals surface area contributed by atoms with E-state index in [0.29, 0.717) is 10.7 Å². The van der Waals surface area contributed by atoms with E-state index in [1.807, 2.05) is 55.5 Å². The molecule has 0 aliphatic heterocycles. The van der Waals surface area contributed by atoms with Crippen LogP contribution >= 0.6 is 22.9 Å². The molecule has 0 spiro atoms. The number of carbonyl (C=O) groups is 1. The van der Waals surface area contributed by atoms with Crippen molar-refractivity contribution in [2.45, 2.75) is 20.1 Å². The minimum Gasteiger partial charge on any atom is -0.497 e. The number of ether oxygens (including phenoxy) is 2. The molecular weight excluding hydrogens is 460 g/mol. The average Bonchev–Trinajstić information content (AvgIpc) is 3.26. The number of rotatable bonds is 7. The molecule has 33 heavy (non-hydrogen) atoms. The molecule has 2 aromatic carbocycles. The molecule has 0 saturated carbocycles. The van der Waals surface area contributed by atoms with Gasteiger partial charge in [-0.05, 0) is 53.9 Å². The SMILES string of the molecule is COc1cc(C)cc(-c2nc(CNC(=O)OCc3ccccc3)sc2-c2ccnc(Cl)n2)c1. The summed E-state index contributed by atoms with van der Waals surface area (Å²) in [5.74, 6) is 0.730. The highest BCUT2D eigenvalue weighted by Crippen LogP contribution is 2.37. The number of nitrogens with zero attached hydrogens (tertiary/aromatic N) is 3. The quantitative estimate of drug-likeness (QED) is 0.343.